The van der Waals surface area contributed by atoms with Gasteiger partial charge >= 0.3 is 0 Å². The van der Waals surface area contributed by atoms with E-state index in [2.05, 4.69) is 5.32 Å². The Morgan fingerprint density at radius 3 is 2.58 bits per heavy atom. The van der Waals surface area contributed by atoms with E-state index in [1.165, 1.54) is 16.6 Å². The Bertz CT molecular complexity index is 554. The molecular weight excluding hydrogens is 269 g/mol. The molecule has 0 amide bonds. The van der Waals surface area contributed by atoms with E-state index in [1.54, 1.807) is 12.1 Å². The highest BCUT2D eigenvalue weighted by Crippen LogP contribution is 2.24. The van der Waals surface area contributed by atoms with Crippen molar-refractivity contribution in [3.63, 3.8) is 0 Å². The van der Waals surface area contributed by atoms with Crippen molar-refractivity contribution in [1.82, 2.24) is 4.31 Å². The lowest BCUT2D eigenvalue weighted by Crippen LogP contribution is -2.41. The Kier molecular flexibility index (Phi) is 3.96. The Morgan fingerprint density at radius 2 is 2.00 bits per heavy atom. The summed E-state index contributed by atoms with van der Waals surface area (Å²) in [6, 6.07) is 4.75. The van der Waals surface area contributed by atoms with Crippen molar-refractivity contribution in [2.75, 3.05) is 30.4 Å². The number of para-hydroxylation sites is 1. The van der Waals surface area contributed by atoms with Gasteiger partial charge in [-0.25, -0.2) is 17.1 Å². The number of anilines is 2. The number of piperidine rings is 1. The van der Waals surface area contributed by atoms with Crippen LogP contribution in [0.15, 0.2) is 18.2 Å². The third kappa shape index (κ3) is 3.36. The molecule has 1 fully saturated rings. The Labute approximate surface area is 112 Å². The molecule has 0 spiro atoms. The van der Waals surface area contributed by atoms with Crippen LogP contribution in [-0.4, -0.2) is 38.1 Å². The molecule has 7 heteroatoms. The summed E-state index contributed by atoms with van der Waals surface area (Å²) in [6.07, 6.45) is 2.58. The lowest BCUT2D eigenvalue weighted by Gasteiger charge is -2.31. The van der Waals surface area contributed by atoms with Crippen molar-refractivity contribution in [3.8, 4) is 0 Å². The van der Waals surface area contributed by atoms with Crippen LogP contribution < -0.4 is 11.1 Å². The number of hydrogen-bond acceptors (Lipinski definition) is 4. The van der Waals surface area contributed by atoms with Gasteiger partial charge in [-0.15, -0.1) is 0 Å². The van der Waals surface area contributed by atoms with Crippen molar-refractivity contribution >= 4 is 21.4 Å². The zero-order valence-corrected chi connectivity index (χ0v) is 11.6. The fourth-order valence-electron chi connectivity index (χ4n) is 2.21. The minimum atomic E-state index is -3.12. The smallest absolute Gasteiger partial charge is 0.211 e. The van der Waals surface area contributed by atoms with Crippen LogP contribution in [0.5, 0.6) is 0 Å². The van der Waals surface area contributed by atoms with E-state index in [9.17, 15) is 12.8 Å². The minimum Gasteiger partial charge on any atom is -0.395 e. The maximum Gasteiger partial charge on any atom is 0.211 e. The molecule has 5 nitrogen and oxygen atoms in total. The van der Waals surface area contributed by atoms with Gasteiger partial charge < -0.3 is 11.1 Å². The third-order valence-corrected chi connectivity index (χ3v) is 4.64. The molecule has 2 rings (SSSR count). The summed E-state index contributed by atoms with van der Waals surface area (Å²) in [5.41, 5.74) is 6.32. The summed E-state index contributed by atoms with van der Waals surface area (Å²) in [6.45, 7) is 0.956. The maximum atomic E-state index is 13.3. The molecule has 1 aromatic rings. The fraction of sp³-hybridized carbons (Fsp3) is 0.500. The van der Waals surface area contributed by atoms with Gasteiger partial charge in [0.2, 0.25) is 10.0 Å². The number of rotatable bonds is 3. The van der Waals surface area contributed by atoms with Gasteiger partial charge in [0.05, 0.1) is 17.6 Å². The van der Waals surface area contributed by atoms with Gasteiger partial charge in [-0.1, -0.05) is 6.07 Å². The highest BCUT2D eigenvalue weighted by atomic mass is 32.2. The molecular formula is C12H18FN3O2S. The Morgan fingerprint density at radius 1 is 1.37 bits per heavy atom. The van der Waals surface area contributed by atoms with E-state index < -0.39 is 15.8 Å². The van der Waals surface area contributed by atoms with Gasteiger partial charge in [0, 0.05) is 19.1 Å². The summed E-state index contributed by atoms with van der Waals surface area (Å²) in [7, 11) is -3.12. The number of sulfonamides is 1. The molecule has 106 valence electrons. The lowest BCUT2D eigenvalue weighted by atomic mass is 10.1. The van der Waals surface area contributed by atoms with Crippen molar-refractivity contribution in [1.29, 1.82) is 0 Å². The van der Waals surface area contributed by atoms with Gasteiger partial charge in [0.25, 0.3) is 0 Å². The molecule has 0 radical (unpaired) electrons. The van der Waals surface area contributed by atoms with Crippen LogP contribution in [0.1, 0.15) is 12.8 Å². The first-order valence-corrected chi connectivity index (χ1v) is 7.98. The van der Waals surface area contributed by atoms with Crippen LogP contribution in [0.25, 0.3) is 0 Å². The van der Waals surface area contributed by atoms with Crippen LogP contribution in [0.3, 0.4) is 0 Å². The van der Waals surface area contributed by atoms with Crippen LogP contribution in [0.2, 0.25) is 0 Å². The molecule has 0 aromatic heterocycles. The number of halogens is 1. The predicted octanol–water partition coefficient (Wildman–Crippen LogP) is 1.24. The van der Waals surface area contributed by atoms with Crippen LogP contribution in [0.4, 0.5) is 15.8 Å². The van der Waals surface area contributed by atoms with Gasteiger partial charge in [0.1, 0.15) is 5.82 Å². The van der Waals surface area contributed by atoms with Crippen LogP contribution in [0, 0.1) is 5.82 Å². The zero-order chi connectivity index (χ0) is 14.0. The molecule has 0 unspecified atom stereocenters. The summed E-state index contributed by atoms with van der Waals surface area (Å²) in [4.78, 5) is 0. The number of nitrogens with two attached hydrogens (primary N) is 1. The third-order valence-electron chi connectivity index (χ3n) is 3.34. The van der Waals surface area contributed by atoms with Gasteiger partial charge in [-0.05, 0) is 25.0 Å². The molecule has 1 saturated heterocycles. The molecule has 0 bridgehead atoms. The molecule has 0 saturated carbocycles. The SMILES string of the molecule is CS(=O)(=O)N1CCC(Nc2cccc(F)c2N)CC1. The lowest BCUT2D eigenvalue weighted by molar-refractivity contribution is 0.332. The molecule has 1 aromatic carbocycles. The monoisotopic (exact) mass is 287 g/mol. The molecule has 19 heavy (non-hydrogen) atoms. The topological polar surface area (TPSA) is 75.4 Å². The number of hydrogen-bond donors (Lipinski definition) is 2. The van der Waals surface area contributed by atoms with Gasteiger partial charge in [0.15, 0.2) is 0 Å². The molecule has 1 aliphatic heterocycles. The van der Waals surface area contributed by atoms with Crippen LogP contribution in [-0.2, 0) is 10.0 Å². The second kappa shape index (κ2) is 5.34. The summed E-state index contributed by atoms with van der Waals surface area (Å²) in [5, 5.41) is 3.18. The average molecular weight is 287 g/mol. The highest BCUT2D eigenvalue weighted by molar-refractivity contribution is 7.88. The summed E-state index contributed by atoms with van der Waals surface area (Å²) >= 11 is 0. The normalized spacial score (nSPS) is 18.4. The van der Waals surface area contributed by atoms with E-state index in [-0.39, 0.29) is 11.7 Å². The maximum absolute atomic E-state index is 13.3. The molecule has 3 N–H and O–H groups in total. The van der Waals surface area contributed by atoms with Crippen molar-refractivity contribution < 1.29 is 12.8 Å². The van der Waals surface area contributed by atoms with E-state index in [0.29, 0.717) is 31.6 Å². The van der Waals surface area contributed by atoms with Crippen LogP contribution >= 0.6 is 0 Å². The summed E-state index contributed by atoms with van der Waals surface area (Å²) < 4.78 is 37.5. The molecule has 1 heterocycles. The zero-order valence-electron chi connectivity index (χ0n) is 10.8. The highest BCUT2D eigenvalue weighted by Gasteiger charge is 2.25. The van der Waals surface area contributed by atoms with Crippen molar-refractivity contribution in [3.05, 3.63) is 24.0 Å². The predicted molar refractivity (Wildman–Crippen MR) is 73.9 cm³/mol. The second-order valence-corrected chi connectivity index (χ2v) is 6.76. The average Bonchev–Trinajstić information content (AvgIpc) is 2.35. The largest absolute Gasteiger partial charge is 0.395 e. The Hall–Kier alpha value is -1.34. The molecule has 0 aliphatic carbocycles. The van der Waals surface area contributed by atoms with E-state index in [4.69, 9.17) is 5.73 Å². The first-order chi connectivity index (χ1) is 8.88. The first kappa shape index (κ1) is 14.1. The quantitative estimate of drug-likeness (QED) is 0.820. The van der Waals surface area contributed by atoms with E-state index in [0.717, 1.165) is 0 Å². The number of nitrogens with one attached hydrogen (secondary N) is 1. The Balaban J connectivity index is 1.98. The number of nitrogen functional groups attached to an aromatic ring is 1. The van der Waals surface area contributed by atoms with Gasteiger partial charge in [-0.3, -0.25) is 0 Å². The summed E-state index contributed by atoms with van der Waals surface area (Å²) in [5.74, 6) is -0.446. The molecule has 0 atom stereocenters. The molecule has 1 aliphatic rings. The first-order valence-electron chi connectivity index (χ1n) is 6.13. The number of nitrogens with zero attached hydrogens (tertiary/aromatic N) is 1. The standard InChI is InChI=1S/C12H18FN3O2S/c1-19(17,18)16-7-5-9(6-8-16)15-11-4-2-3-10(13)12(11)14/h2-4,9,15H,5-8,14H2,1H3. The van der Waals surface area contributed by atoms with E-state index in [1.807, 2.05) is 0 Å². The minimum absolute atomic E-state index is 0.105. The van der Waals surface area contributed by atoms with E-state index >= 15 is 0 Å². The van der Waals surface area contributed by atoms with Crippen molar-refractivity contribution in [2.24, 2.45) is 0 Å². The number of benzene rings is 1. The fourth-order valence-corrected chi connectivity index (χ4v) is 3.09. The van der Waals surface area contributed by atoms with Crippen molar-refractivity contribution in [2.45, 2.75) is 18.9 Å². The second-order valence-electron chi connectivity index (χ2n) is 4.78. The van der Waals surface area contributed by atoms with Gasteiger partial charge in [-0.2, -0.15) is 0 Å².